The summed E-state index contributed by atoms with van der Waals surface area (Å²) >= 11 is 0. The van der Waals surface area contributed by atoms with Crippen LogP contribution in [0.3, 0.4) is 0 Å². The fraction of sp³-hybridized carbons (Fsp3) is 0.500. The van der Waals surface area contributed by atoms with Gasteiger partial charge in [-0.3, -0.25) is 0 Å². The van der Waals surface area contributed by atoms with Gasteiger partial charge in [-0.25, -0.2) is 0 Å². The summed E-state index contributed by atoms with van der Waals surface area (Å²) < 4.78 is 5.51. The van der Waals surface area contributed by atoms with E-state index >= 15 is 0 Å². The van der Waals surface area contributed by atoms with Gasteiger partial charge < -0.3 is 20.5 Å². The van der Waals surface area contributed by atoms with Crippen molar-refractivity contribution in [1.29, 1.82) is 0 Å². The first kappa shape index (κ1) is 11.2. The van der Waals surface area contributed by atoms with Gasteiger partial charge in [-0.05, 0) is 30.7 Å². The second kappa shape index (κ2) is 5.72. The fourth-order valence-corrected chi connectivity index (χ4v) is 1.78. The lowest BCUT2D eigenvalue weighted by Crippen LogP contribution is -2.21. The molecule has 0 fully saturated rings. The molecule has 0 aliphatic carbocycles. The Bertz CT molecular complexity index is 342. The van der Waals surface area contributed by atoms with Crippen LogP contribution in [0.15, 0.2) is 18.2 Å². The number of benzene rings is 1. The second-order valence-electron chi connectivity index (χ2n) is 3.83. The standard InChI is InChI=1S/C12H18N2O2/c15-7-5-13-4-3-10-1-2-12-11(9-10)14-6-8-16-12/h1-2,9,13-15H,3-8H2. The fourth-order valence-electron chi connectivity index (χ4n) is 1.78. The Kier molecular flexibility index (Phi) is 4.02. The molecule has 1 aromatic carbocycles. The molecule has 0 radical (unpaired) electrons. The number of fused-ring (bicyclic) bond motifs is 1. The van der Waals surface area contributed by atoms with Crippen molar-refractivity contribution < 1.29 is 9.84 Å². The lowest BCUT2D eigenvalue weighted by molar-refractivity contribution is 0.293. The van der Waals surface area contributed by atoms with Gasteiger partial charge in [0.2, 0.25) is 0 Å². The van der Waals surface area contributed by atoms with Gasteiger partial charge in [-0.2, -0.15) is 0 Å². The molecule has 1 aliphatic rings. The molecule has 3 N–H and O–H groups in total. The topological polar surface area (TPSA) is 53.5 Å². The van der Waals surface area contributed by atoms with Crippen LogP contribution < -0.4 is 15.4 Å². The Morgan fingerprint density at radius 2 is 2.31 bits per heavy atom. The van der Waals surface area contributed by atoms with Crippen molar-refractivity contribution in [1.82, 2.24) is 5.32 Å². The lowest BCUT2D eigenvalue weighted by atomic mass is 10.1. The molecule has 0 atom stereocenters. The van der Waals surface area contributed by atoms with E-state index in [9.17, 15) is 0 Å². The van der Waals surface area contributed by atoms with Crippen molar-refractivity contribution in [2.24, 2.45) is 0 Å². The number of nitrogens with one attached hydrogen (secondary N) is 2. The minimum atomic E-state index is 0.194. The van der Waals surface area contributed by atoms with Gasteiger partial charge in [0.25, 0.3) is 0 Å². The molecule has 0 saturated carbocycles. The van der Waals surface area contributed by atoms with E-state index in [1.807, 2.05) is 6.07 Å². The first-order valence-electron chi connectivity index (χ1n) is 5.71. The Balaban J connectivity index is 1.90. The smallest absolute Gasteiger partial charge is 0.142 e. The SMILES string of the molecule is OCCNCCc1ccc2c(c1)NCCO2. The third-order valence-electron chi connectivity index (χ3n) is 2.60. The number of ether oxygens (including phenoxy) is 1. The molecule has 4 heteroatoms. The Labute approximate surface area is 95.6 Å². The van der Waals surface area contributed by atoms with E-state index in [0.717, 1.165) is 37.6 Å². The maximum Gasteiger partial charge on any atom is 0.142 e. The molecular weight excluding hydrogens is 204 g/mol. The summed E-state index contributed by atoms with van der Waals surface area (Å²) in [5.41, 5.74) is 2.37. The molecule has 0 spiro atoms. The van der Waals surface area contributed by atoms with Crippen LogP contribution in [0, 0.1) is 0 Å². The van der Waals surface area contributed by atoms with Crippen molar-refractivity contribution in [2.75, 3.05) is 38.2 Å². The van der Waals surface area contributed by atoms with Gasteiger partial charge in [-0.1, -0.05) is 6.07 Å². The molecule has 2 rings (SSSR count). The van der Waals surface area contributed by atoms with E-state index in [2.05, 4.69) is 22.8 Å². The number of anilines is 1. The van der Waals surface area contributed by atoms with Gasteiger partial charge in [0, 0.05) is 13.1 Å². The molecule has 0 saturated heterocycles. The number of aliphatic hydroxyl groups is 1. The zero-order valence-electron chi connectivity index (χ0n) is 9.33. The van der Waals surface area contributed by atoms with Crippen molar-refractivity contribution in [3.05, 3.63) is 23.8 Å². The minimum Gasteiger partial charge on any atom is -0.490 e. The van der Waals surface area contributed by atoms with Gasteiger partial charge in [-0.15, -0.1) is 0 Å². The summed E-state index contributed by atoms with van der Waals surface area (Å²) in [4.78, 5) is 0. The Morgan fingerprint density at radius 3 is 3.19 bits per heavy atom. The molecule has 0 amide bonds. The van der Waals surface area contributed by atoms with E-state index in [1.165, 1.54) is 5.56 Å². The molecule has 0 unspecified atom stereocenters. The zero-order chi connectivity index (χ0) is 11.2. The van der Waals surface area contributed by atoms with E-state index < -0.39 is 0 Å². The summed E-state index contributed by atoms with van der Waals surface area (Å²) in [6.45, 7) is 3.36. The molecule has 16 heavy (non-hydrogen) atoms. The summed E-state index contributed by atoms with van der Waals surface area (Å²) in [7, 11) is 0. The van der Waals surface area contributed by atoms with Crippen molar-refractivity contribution >= 4 is 5.69 Å². The molecule has 1 aliphatic heterocycles. The van der Waals surface area contributed by atoms with Gasteiger partial charge >= 0.3 is 0 Å². The van der Waals surface area contributed by atoms with Crippen LogP contribution in [-0.2, 0) is 6.42 Å². The summed E-state index contributed by atoms with van der Waals surface area (Å²) in [5, 5.41) is 15.1. The molecule has 1 aromatic rings. The average Bonchev–Trinajstić information content (AvgIpc) is 2.34. The molecule has 4 nitrogen and oxygen atoms in total. The quantitative estimate of drug-likeness (QED) is 0.639. The third kappa shape index (κ3) is 2.87. The Morgan fingerprint density at radius 1 is 1.38 bits per heavy atom. The molecule has 88 valence electrons. The van der Waals surface area contributed by atoms with Crippen LogP contribution in [0.4, 0.5) is 5.69 Å². The van der Waals surface area contributed by atoms with Gasteiger partial charge in [0.1, 0.15) is 12.4 Å². The van der Waals surface area contributed by atoms with Crippen LogP contribution in [-0.4, -0.2) is 38.0 Å². The number of rotatable bonds is 5. The molecule has 0 bridgehead atoms. The number of hydrogen-bond donors (Lipinski definition) is 3. The second-order valence-corrected chi connectivity index (χ2v) is 3.83. The van der Waals surface area contributed by atoms with Crippen molar-refractivity contribution in [3.63, 3.8) is 0 Å². The minimum absolute atomic E-state index is 0.194. The average molecular weight is 222 g/mol. The van der Waals surface area contributed by atoms with Crippen LogP contribution in [0.1, 0.15) is 5.56 Å². The maximum atomic E-state index is 8.63. The third-order valence-corrected chi connectivity index (χ3v) is 2.60. The summed E-state index contributed by atoms with van der Waals surface area (Å²) in [6, 6.07) is 6.24. The highest BCUT2D eigenvalue weighted by molar-refractivity contribution is 5.59. The highest BCUT2D eigenvalue weighted by Crippen LogP contribution is 2.27. The van der Waals surface area contributed by atoms with Crippen molar-refractivity contribution in [3.8, 4) is 5.75 Å². The normalized spacial score (nSPS) is 13.8. The van der Waals surface area contributed by atoms with Gasteiger partial charge in [0.15, 0.2) is 0 Å². The summed E-state index contributed by atoms with van der Waals surface area (Å²) in [6.07, 6.45) is 0.967. The number of hydrogen-bond acceptors (Lipinski definition) is 4. The maximum absolute atomic E-state index is 8.63. The van der Waals surface area contributed by atoms with Crippen LogP contribution in [0.2, 0.25) is 0 Å². The van der Waals surface area contributed by atoms with E-state index in [1.54, 1.807) is 0 Å². The van der Waals surface area contributed by atoms with E-state index in [4.69, 9.17) is 9.84 Å². The first-order valence-corrected chi connectivity index (χ1v) is 5.71. The van der Waals surface area contributed by atoms with Crippen molar-refractivity contribution in [2.45, 2.75) is 6.42 Å². The van der Waals surface area contributed by atoms with Crippen LogP contribution in [0.5, 0.6) is 5.75 Å². The molecule has 0 aromatic heterocycles. The largest absolute Gasteiger partial charge is 0.490 e. The van der Waals surface area contributed by atoms with Crippen LogP contribution in [0.25, 0.3) is 0 Å². The Hall–Kier alpha value is -1.26. The van der Waals surface area contributed by atoms with E-state index in [-0.39, 0.29) is 6.61 Å². The molecule has 1 heterocycles. The highest BCUT2D eigenvalue weighted by atomic mass is 16.5. The lowest BCUT2D eigenvalue weighted by Gasteiger charge is -2.19. The van der Waals surface area contributed by atoms with Crippen LogP contribution >= 0.6 is 0 Å². The highest BCUT2D eigenvalue weighted by Gasteiger charge is 2.09. The summed E-state index contributed by atoms with van der Waals surface area (Å²) in [5.74, 6) is 0.943. The van der Waals surface area contributed by atoms with E-state index in [0.29, 0.717) is 6.54 Å². The predicted octanol–water partition coefficient (Wildman–Crippen LogP) is 0.615. The van der Waals surface area contributed by atoms with Gasteiger partial charge in [0.05, 0.1) is 12.3 Å². The monoisotopic (exact) mass is 222 g/mol. The first-order chi connectivity index (χ1) is 7.90. The predicted molar refractivity (Wildman–Crippen MR) is 64.1 cm³/mol. The molecular formula is C12H18N2O2. The zero-order valence-corrected chi connectivity index (χ0v) is 9.33. The number of aliphatic hydroxyl groups excluding tert-OH is 1.